The number of rotatable bonds is 18. The smallest absolute Gasteiger partial charge is 0.295 e. The second kappa shape index (κ2) is 16.3. The van der Waals surface area contributed by atoms with E-state index in [0.717, 1.165) is 24.2 Å². The Morgan fingerprint density at radius 1 is 0.765 bits per heavy atom. The first kappa shape index (κ1) is 27.9. The average molecular weight is 470 g/mol. The first-order chi connectivity index (χ1) is 16.6. The summed E-state index contributed by atoms with van der Waals surface area (Å²) in [4.78, 5) is 25.3. The van der Waals surface area contributed by atoms with Gasteiger partial charge in [-0.3, -0.25) is 14.3 Å². The number of anilines is 1. The molecule has 5 nitrogen and oxygen atoms in total. The van der Waals surface area contributed by atoms with Gasteiger partial charge in [0.15, 0.2) is 0 Å². The number of hydrogen-bond donors (Lipinski definition) is 1. The van der Waals surface area contributed by atoms with Crippen molar-refractivity contribution in [1.29, 1.82) is 0 Å². The molecule has 2 rings (SSSR count). The molecule has 190 valence electrons. The van der Waals surface area contributed by atoms with Gasteiger partial charge >= 0.3 is 0 Å². The van der Waals surface area contributed by atoms with Gasteiger partial charge in [0.2, 0.25) is 5.91 Å². The van der Waals surface area contributed by atoms with Gasteiger partial charge < -0.3 is 5.32 Å². The standard InChI is InChI=1S/C29H47N3O2/c1-4-5-6-7-8-9-10-11-12-13-14-15-16-17-21-24-27(33)30-28-25(2)31(3)32(29(28)34)26-22-19-18-20-23-26/h18-20,22-23H,4-17,21,24H2,1-3H3,(H,30,33). The average Bonchev–Trinajstić information content (AvgIpc) is 3.05. The minimum absolute atomic E-state index is 0.0688. The van der Waals surface area contributed by atoms with Crippen LogP contribution in [0.15, 0.2) is 35.1 Å². The van der Waals surface area contributed by atoms with Crippen LogP contribution in [0.25, 0.3) is 5.69 Å². The number of benzene rings is 1. The highest BCUT2D eigenvalue weighted by Crippen LogP contribution is 2.16. The van der Waals surface area contributed by atoms with Crippen molar-refractivity contribution in [2.45, 2.75) is 117 Å². The molecule has 0 aliphatic rings. The van der Waals surface area contributed by atoms with Crippen molar-refractivity contribution in [3.63, 3.8) is 0 Å². The Hall–Kier alpha value is -2.30. The Bertz CT molecular complexity index is 883. The summed E-state index contributed by atoms with van der Waals surface area (Å²) in [5.74, 6) is -0.0688. The molecule has 0 atom stereocenters. The summed E-state index contributed by atoms with van der Waals surface area (Å²) in [6.45, 7) is 4.14. The predicted octanol–water partition coefficient (Wildman–Crippen LogP) is 7.68. The van der Waals surface area contributed by atoms with E-state index in [4.69, 9.17) is 0 Å². The maximum Gasteiger partial charge on any atom is 0.295 e. The fourth-order valence-corrected chi connectivity index (χ4v) is 4.57. The van der Waals surface area contributed by atoms with Crippen LogP contribution >= 0.6 is 0 Å². The lowest BCUT2D eigenvalue weighted by molar-refractivity contribution is -0.116. The number of carbonyl (C=O) groups excluding carboxylic acids is 1. The Morgan fingerprint density at radius 2 is 1.24 bits per heavy atom. The number of nitrogens with zero attached hydrogens (tertiary/aromatic N) is 2. The van der Waals surface area contributed by atoms with Crippen LogP contribution in [-0.2, 0) is 11.8 Å². The van der Waals surface area contributed by atoms with E-state index in [9.17, 15) is 9.59 Å². The molecular formula is C29H47N3O2. The van der Waals surface area contributed by atoms with E-state index >= 15 is 0 Å². The molecule has 0 spiro atoms. The van der Waals surface area contributed by atoms with Crippen LogP contribution in [0, 0.1) is 6.92 Å². The molecule has 5 heteroatoms. The molecule has 0 fully saturated rings. The number of unbranched alkanes of at least 4 members (excludes halogenated alkanes) is 14. The van der Waals surface area contributed by atoms with Crippen molar-refractivity contribution < 1.29 is 4.79 Å². The lowest BCUT2D eigenvalue weighted by Gasteiger charge is -2.07. The molecule has 0 aliphatic heterocycles. The van der Waals surface area contributed by atoms with Gasteiger partial charge in [-0.2, -0.15) is 0 Å². The normalized spacial score (nSPS) is 11.1. The summed E-state index contributed by atoms with van der Waals surface area (Å²) in [5, 5.41) is 2.87. The van der Waals surface area contributed by atoms with E-state index in [-0.39, 0.29) is 11.5 Å². The molecule has 0 aliphatic carbocycles. The summed E-state index contributed by atoms with van der Waals surface area (Å²) < 4.78 is 3.39. The molecule has 1 N–H and O–H groups in total. The highest BCUT2D eigenvalue weighted by Gasteiger charge is 2.17. The number of amides is 1. The summed E-state index contributed by atoms with van der Waals surface area (Å²) in [7, 11) is 1.84. The fraction of sp³-hybridized carbons (Fsp3) is 0.655. The minimum atomic E-state index is -0.184. The molecule has 1 aromatic carbocycles. The third-order valence-electron chi connectivity index (χ3n) is 6.83. The molecule has 2 aromatic rings. The maximum absolute atomic E-state index is 12.9. The summed E-state index contributed by atoms with van der Waals surface area (Å²) in [6, 6.07) is 9.51. The molecule has 0 saturated heterocycles. The van der Waals surface area contributed by atoms with Crippen molar-refractivity contribution in [2.75, 3.05) is 5.32 Å². The van der Waals surface area contributed by atoms with Crippen LogP contribution in [0.5, 0.6) is 0 Å². The van der Waals surface area contributed by atoms with Crippen LogP contribution in [0.2, 0.25) is 0 Å². The second-order valence-corrected chi connectivity index (χ2v) is 9.68. The van der Waals surface area contributed by atoms with Crippen molar-refractivity contribution in [1.82, 2.24) is 9.36 Å². The number of aromatic nitrogens is 2. The molecule has 1 heterocycles. The molecular weight excluding hydrogens is 422 g/mol. The highest BCUT2D eigenvalue weighted by molar-refractivity contribution is 5.91. The van der Waals surface area contributed by atoms with Crippen LogP contribution in [0.3, 0.4) is 0 Å². The molecule has 0 saturated carbocycles. The number of carbonyl (C=O) groups is 1. The number of hydrogen-bond acceptors (Lipinski definition) is 2. The van der Waals surface area contributed by atoms with E-state index in [1.165, 1.54) is 83.5 Å². The number of nitrogens with one attached hydrogen (secondary N) is 1. The molecule has 1 aromatic heterocycles. The van der Waals surface area contributed by atoms with Gasteiger partial charge in [0.05, 0.1) is 11.4 Å². The highest BCUT2D eigenvalue weighted by atomic mass is 16.2. The fourth-order valence-electron chi connectivity index (χ4n) is 4.57. The van der Waals surface area contributed by atoms with Crippen LogP contribution in [0.4, 0.5) is 5.69 Å². The lowest BCUT2D eigenvalue weighted by atomic mass is 10.0. The quantitative estimate of drug-likeness (QED) is 0.228. The Kier molecular flexibility index (Phi) is 13.4. The third kappa shape index (κ3) is 9.52. The van der Waals surface area contributed by atoms with Gasteiger partial charge in [-0.05, 0) is 25.5 Å². The van der Waals surface area contributed by atoms with Gasteiger partial charge in [0, 0.05) is 13.5 Å². The third-order valence-corrected chi connectivity index (χ3v) is 6.83. The van der Waals surface area contributed by atoms with E-state index < -0.39 is 0 Å². The molecule has 34 heavy (non-hydrogen) atoms. The molecule has 0 unspecified atom stereocenters. The summed E-state index contributed by atoms with van der Waals surface area (Å²) in [6.07, 6.45) is 20.1. The number of para-hydroxylation sites is 1. The van der Waals surface area contributed by atoms with Crippen LogP contribution in [0.1, 0.15) is 115 Å². The van der Waals surface area contributed by atoms with Gasteiger partial charge in [0.1, 0.15) is 5.69 Å². The van der Waals surface area contributed by atoms with Gasteiger partial charge in [-0.1, -0.05) is 115 Å². The zero-order chi connectivity index (χ0) is 24.6. The van der Waals surface area contributed by atoms with E-state index in [1.807, 2.05) is 44.3 Å². The second-order valence-electron chi connectivity index (χ2n) is 9.68. The lowest BCUT2D eigenvalue weighted by Crippen LogP contribution is -2.22. The maximum atomic E-state index is 12.9. The van der Waals surface area contributed by atoms with E-state index in [1.54, 1.807) is 9.36 Å². The van der Waals surface area contributed by atoms with Crippen molar-refractivity contribution in [3.8, 4) is 5.69 Å². The topological polar surface area (TPSA) is 56.0 Å². The Balaban J connectivity index is 1.55. The van der Waals surface area contributed by atoms with Crippen molar-refractivity contribution in [2.24, 2.45) is 7.05 Å². The summed E-state index contributed by atoms with van der Waals surface area (Å²) >= 11 is 0. The van der Waals surface area contributed by atoms with E-state index in [0.29, 0.717) is 12.1 Å². The first-order valence-electron chi connectivity index (χ1n) is 13.7. The van der Waals surface area contributed by atoms with Crippen molar-refractivity contribution >= 4 is 11.6 Å². The molecule has 0 bridgehead atoms. The Morgan fingerprint density at radius 3 is 1.74 bits per heavy atom. The predicted molar refractivity (Wildman–Crippen MR) is 144 cm³/mol. The van der Waals surface area contributed by atoms with Gasteiger partial charge in [0.25, 0.3) is 5.56 Å². The molecule has 0 radical (unpaired) electrons. The van der Waals surface area contributed by atoms with Gasteiger partial charge in [-0.25, -0.2) is 4.68 Å². The van der Waals surface area contributed by atoms with Crippen molar-refractivity contribution in [3.05, 3.63) is 46.4 Å². The van der Waals surface area contributed by atoms with E-state index in [2.05, 4.69) is 12.2 Å². The zero-order valence-electron chi connectivity index (χ0n) is 21.9. The first-order valence-corrected chi connectivity index (χ1v) is 13.7. The zero-order valence-corrected chi connectivity index (χ0v) is 21.9. The SMILES string of the molecule is CCCCCCCCCCCCCCCCCC(=O)Nc1c(C)n(C)n(-c2ccccc2)c1=O. The minimum Gasteiger partial charge on any atom is -0.320 e. The monoisotopic (exact) mass is 469 g/mol. The van der Waals surface area contributed by atoms with Crippen LogP contribution in [-0.4, -0.2) is 15.3 Å². The molecule has 1 amide bonds. The van der Waals surface area contributed by atoms with Crippen LogP contribution < -0.4 is 10.9 Å². The Labute approximate surface area is 206 Å². The summed E-state index contributed by atoms with van der Waals surface area (Å²) in [5.41, 5.74) is 1.76. The largest absolute Gasteiger partial charge is 0.320 e. The van der Waals surface area contributed by atoms with Gasteiger partial charge in [-0.15, -0.1) is 0 Å².